The summed E-state index contributed by atoms with van der Waals surface area (Å²) in [6, 6.07) is 9.94. The largest absolute Gasteiger partial charge is 0.378 e. The number of hydrogen-bond donors (Lipinski definition) is 1. The van der Waals surface area contributed by atoms with Crippen LogP contribution in [-0.4, -0.2) is 47.7 Å². The number of amides is 1. The molecule has 0 radical (unpaired) electrons. The van der Waals surface area contributed by atoms with E-state index in [4.69, 9.17) is 0 Å². The zero-order valence-corrected chi connectivity index (χ0v) is 15.1. The van der Waals surface area contributed by atoms with Crippen LogP contribution < -0.4 is 10.2 Å². The minimum absolute atomic E-state index is 0.156. The Morgan fingerprint density at radius 1 is 1.17 bits per heavy atom. The van der Waals surface area contributed by atoms with Crippen molar-refractivity contribution in [2.75, 3.05) is 37.5 Å². The first-order valence-electron chi connectivity index (χ1n) is 7.78. The molecule has 0 bridgehead atoms. The zero-order valence-electron chi connectivity index (χ0n) is 14.3. The lowest BCUT2D eigenvalue weighted by molar-refractivity contribution is 0.0953. The van der Waals surface area contributed by atoms with Gasteiger partial charge in [0, 0.05) is 67.1 Å². The fourth-order valence-electron chi connectivity index (χ4n) is 2.25. The van der Waals surface area contributed by atoms with Crippen molar-refractivity contribution in [1.82, 2.24) is 10.3 Å². The number of carbonyl (C=O) groups is 1. The highest BCUT2D eigenvalue weighted by atomic mass is 32.2. The van der Waals surface area contributed by atoms with Crippen molar-refractivity contribution < 1.29 is 9.00 Å². The van der Waals surface area contributed by atoms with Gasteiger partial charge in [-0.05, 0) is 30.2 Å². The van der Waals surface area contributed by atoms with Crippen LogP contribution in [0.3, 0.4) is 0 Å². The molecule has 1 atom stereocenters. The Morgan fingerprint density at radius 2 is 1.88 bits per heavy atom. The first-order chi connectivity index (χ1) is 11.5. The average Bonchev–Trinajstić information content (AvgIpc) is 2.58. The van der Waals surface area contributed by atoms with Gasteiger partial charge in [0.15, 0.2) is 0 Å². The van der Waals surface area contributed by atoms with E-state index < -0.39 is 10.8 Å². The molecular weight excluding hydrogens is 322 g/mol. The van der Waals surface area contributed by atoms with Crippen LogP contribution in [0.2, 0.25) is 0 Å². The molecule has 0 fully saturated rings. The van der Waals surface area contributed by atoms with E-state index in [2.05, 4.69) is 10.3 Å². The van der Waals surface area contributed by atoms with Gasteiger partial charge in [-0.25, -0.2) is 0 Å². The van der Waals surface area contributed by atoms with Crippen molar-refractivity contribution in [3.05, 3.63) is 48.3 Å². The van der Waals surface area contributed by atoms with Gasteiger partial charge in [0.25, 0.3) is 5.91 Å². The first-order valence-corrected chi connectivity index (χ1v) is 9.51. The highest BCUT2D eigenvalue weighted by Gasteiger charge is 2.08. The van der Waals surface area contributed by atoms with Crippen LogP contribution in [0.5, 0.6) is 0 Å². The second-order valence-corrected chi connectivity index (χ2v) is 7.34. The van der Waals surface area contributed by atoms with Gasteiger partial charge in [0.05, 0.1) is 5.56 Å². The minimum atomic E-state index is -0.826. The lowest BCUT2D eigenvalue weighted by atomic mass is 10.1. The van der Waals surface area contributed by atoms with Gasteiger partial charge in [0.1, 0.15) is 0 Å². The van der Waals surface area contributed by atoms with Crippen LogP contribution in [0.4, 0.5) is 5.69 Å². The molecule has 2 aromatic rings. The SMILES string of the molecule is CN(C)c1ccc(-c2cncc(C(=O)NCCCS(C)=O)c2)cc1. The van der Waals surface area contributed by atoms with Gasteiger partial charge in [-0.15, -0.1) is 0 Å². The Morgan fingerprint density at radius 3 is 2.50 bits per heavy atom. The van der Waals surface area contributed by atoms with Gasteiger partial charge < -0.3 is 10.2 Å². The van der Waals surface area contributed by atoms with Crippen LogP contribution >= 0.6 is 0 Å². The van der Waals surface area contributed by atoms with Crippen LogP contribution in [0.15, 0.2) is 42.7 Å². The number of hydrogen-bond acceptors (Lipinski definition) is 4. The molecule has 1 N–H and O–H groups in total. The monoisotopic (exact) mass is 345 g/mol. The highest BCUT2D eigenvalue weighted by Crippen LogP contribution is 2.22. The van der Waals surface area contributed by atoms with Crippen molar-refractivity contribution in [3.8, 4) is 11.1 Å². The lowest BCUT2D eigenvalue weighted by Gasteiger charge is -2.13. The maximum Gasteiger partial charge on any atom is 0.252 e. The molecule has 1 heterocycles. The third-order valence-corrected chi connectivity index (χ3v) is 4.48. The maximum absolute atomic E-state index is 12.2. The lowest BCUT2D eigenvalue weighted by Crippen LogP contribution is -2.25. The molecule has 6 heteroatoms. The van der Waals surface area contributed by atoms with Crippen LogP contribution in [0.1, 0.15) is 16.8 Å². The molecular formula is C18H23N3O2S. The Balaban J connectivity index is 2.05. The molecule has 5 nitrogen and oxygen atoms in total. The minimum Gasteiger partial charge on any atom is -0.378 e. The van der Waals surface area contributed by atoms with Crippen molar-refractivity contribution >= 4 is 22.4 Å². The predicted molar refractivity (Wildman–Crippen MR) is 99.9 cm³/mol. The molecule has 0 aliphatic heterocycles. The number of pyridine rings is 1. The number of benzene rings is 1. The summed E-state index contributed by atoms with van der Waals surface area (Å²) < 4.78 is 11.0. The molecule has 24 heavy (non-hydrogen) atoms. The molecule has 0 saturated carbocycles. The molecule has 2 rings (SSSR count). The second kappa shape index (κ2) is 8.59. The van der Waals surface area contributed by atoms with Crippen molar-refractivity contribution in [2.24, 2.45) is 0 Å². The number of carbonyl (C=O) groups excluding carboxylic acids is 1. The molecule has 1 unspecified atom stereocenters. The Hall–Kier alpha value is -2.21. The Kier molecular flexibility index (Phi) is 6.49. The molecule has 1 amide bonds. The fraction of sp³-hybridized carbons (Fsp3) is 0.333. The molecule has 1 aromatic heterocycles. The number of nitrogens with zero attached hydrogens (tertiary/aromatic N) is 2. The summed E-state index contributed by atoms with van der Waals surface area (Å²) in [5.41, 5.74) is 3.57. The second-order valence-electron chi connectivity index (χ2n) is 5.79. The quantitative estimate of drug-likeness (QED) is 0.782. The van der Waals surface area contributed by atoms with Gasteiger partial charge in [-0.2, -0.15) is 0 Å². The number of rotatable bonds is 7. The van der Waals surface area contributed by atoms with E-state index in [1.165, 1.54) is 0 Å². The molecule has 128 valence electrons. The normalized spacial score (nSPS) is 11.8. The maximum atomic E-state index is 12.2. The summed E-state index contributed by atoms with van der Waals surface area (Å²) in [5.74, 6) is 0.438. The highest BCUT2D eigenvalue weighted by molar-refractivity contribution is 7.84. The van der Waals surface area contributed by atoms with Crippen LogP contribution in [0.25, 0.3) is 11.1 Å². The van der Waals surface area contributed by atoms with Gasteiger partial charge in [-0.3, -0.25) is 14.0 Å². The van der Waals surface area contributed by atoms with E-state index >= 15 is 0 Å². The number of aromatic nitrogens is 1. The van der Waals surface area contributed by atoms with Crippen LogP contribution in [0, 0.1) is 0 Å². The predicted octanol–water partition coefficient (Wildman–Crippen LogP) is 2.31. The summed E-state index contributed by atoms with van der Waals surface area (Å²) in [7, 11) is 3.17. The third-order valence-electron chi connectivity index (χ3n) is 3.61. The summed E-state index contributed by atoms with van der Waals surface area (Å²) in [6.45, 7) is 0.514. The molecule has 0 aliphatic rings. The van der Waals surface area contributed by atoms with Crippen molar-refractivity contribution in [2.45, 2.75) is 6.42 Å². The first kappa shape index (κ1) is 18.1. The number of anilines is 1. The number of nitrogens with one attached hydrogen (secondary N) is 1. The van der Waals surface area contributed by atoms with Crippen LogP contribution in [-0.2, 0) is 10.8 Å². The summed E-state index contributed by atoms with van der Waals surface area (Å²) in [5, 5.41) is 2.84. The average molecular weight is 345 g/mol. The van der Waals surface area contributed by atoms with Crippen molar-refractivity contribution in [3.63, 3.8) is 0 Å². The fourth-order valence-corrected chi connectivity index (χ4v) is 2.80. The third kappa shape index (κ3) is 5.16. The van der Waals surface area contributed by atoms with Gasteiger partial charge in [-0.1, -0.05) is 12.1 Å². The molecule has 0 aliphatic carbocycles. The van der Waals surface area contributed by atoms with Crippen molar-refractivity contribution in [1.29, 1.82) is 0 Å². The van der Waals surface area contributed by atoms with E-state index in [1.54, 1.807) is 18.6 Å². The molecule has 0 spiro atoms. The molecule has 1 aromatic carbocycles. The Labute approximate surface area is 145 Å². The summed E-state index contributed by atoms with van der Waals surface area (Å²) >= 11 is 0. The zero-order chi connectivity index (χ0) is 17.5. The van der Waals surface area contributed by atoms with Gasteiger partial charge in [0.2, 0.25) is 0 Å². The van der Waals surface area contributed by atoms with E-state index in [-0.39, 0.29) is 5.91 Å². The summed E-state index contributed by atoms with van der Waals surface area (Å²) in [4.78, 5) is 18.4. The topological polar surface area (TPSA) is 62.3 Å². The van der Waals surface area contributed by atoms with E-state index in [1.807, 2.05) is 49.3 Å². The Bertz CT molecular complexity index is 714. The summed E-state index contributed by atoms with van der Waals surface area (Å²) in [6.07, 6.45) is 5.68. The standard InChI is InChI=1S/C18H23N3O2S/c1-21(2)17-7-5-14(6-8-17)15-11-16(13-19-12-15)18(22)20-9-4-10-24(3)23/h5-8,11-13H,4,9-10H2,1-3H3,(H,20,22). The smallest absolute Gasteiger partial charge is 0.252 e. The van der Waals surface area contributed by atoms with Gasteiger partial charge >= 0.3 is 0 Å². The van der Waals surface area contributed by atoms with E-state index in [9.17, 15) is 9.00 Å². The van der Waals surface area contributed by atoms with E-state index in [0.29, 0.717) is 24.3 Å². The molecule has 0 saturated heterocycles. The van der Waals surface area contributed by atoms with E-state index in [0.717, 1.165) is 16.8 Å².